The second-order valence-electron chi connectivity index (χ2n) is 4.93. The van der Waals surface area contributed by atoms with Gasteiger partial charge in [0.2, 0.25) is 5.91 Å². The van der Waals surface area contributed by atoms with Crippen LogP contribution in [0.4, 0.5) is 10.1 Å². The maximum atomic E-state index is 13.7. The molecule has 0 spiro atoms. The number of likely N-dealkylation sites (N-methyl/N-ethyl adjacent to an activating group) is 1. The van der Waals surface area contributed by atoms with Gasteiger partial charge in [-0.2, -0.15) is 0 Å². The maximum Gasteiger partial charge on any atom is 0.320 e. The Morgan fingerprint density at radius 2 is 2.15 bits per heavy atom. The summed E-state index contributed by atoms with van der Waals surface area (Å²) in [6.45, 7) is 1.92. The number of carbonyl (C=O) groups is 2. The minimum absolute atomic E-state index is 0.247. The zero-order valence-corrected chi connectivity index (χ0v) is 11.4. The summed E-state index contributed by atoms with van der Waals surface area (Å²) in [5, 5.41) is 9.00. The summed E-state index contributed by atoms with van der Waals surface area (Å²) in [6.07, 6.45) is 0.487. The molecule has 1 aromatic rings. The number of aliphatic carboxylic acids is 1. The molecule has 5 nitrogen and oxygen atoms in total. The third-order valence-corrected chi connectivity index (χ3v) is 3.78. The number of amides is 1. The van der Waals surface area contributed by atoms with Gasteiger partial charge in [0, 0.05) is 6.54 Å². The average molecular weight is 280 g/mol. The molecule has 2 unspecified atom stereocenters. The second-order valence-corrected chi connectivity index (χ2v) is 4.93. The van der Waals surface area contributed by atoms with Crippen molar-refractivity contribution in [2.75, 3.05) is 18.5 Å². The maximum absolute atomic E-state index is 13.7. The lowest BCUT2D eigenvalue weighted by molar-refractivity contribution is -0.143. The van der Waals surface area contributed by atoms with E-state index in [9.17, 15) is 14.0 Å². The number of carboxylic acids is 1. The number of para-hydroxylation sites is 1. The van der Waals surface area contributed by atoms with Gasteiger partial charge in [-0.15, -0.1) is 0 Å². The lowest BCUT2D eigenvalue weighted by Crippen LogP contribution is -2.47. The van der Waals surface area contributed by atoms with Crippen molar-refractivity contribution in [3.63, 3.8) is 0 Å². The minimum Gasteiger partial charge on any atom is -0.480 e. The molecule has 6 heteroatoms. The van der Waals surface area contributed by atoms with E-state index in [1.165, 1.54) is 22.8 Å². The summed E-state index contributed by atoms with van der Waals surface area (Å²) in [4.78, 5) is 26.2. The zero-order valence-electron chi connectivity index (χ0n) is 11.4. The van der Waals surface area contributed by atoms with Crippen LogP contribution in [0.3, 0.4) is 0 Å². The highest BCUT2D eigenvalue weighted by molar-refractivity contribution is 5.99. The molecule has 0 aliphatic carbocycles. The minimum atomic E-state index is -0.982. The van der Waals surface area contributed by atoms with Crippen LogP contribution in [0.5, 0.6) is 0 Å². The average Bonchev–Trinajstić information content (AvgIpc) is 2.79. The highest BCUT2D eigenvalue weighted by Gasteiger charge is 2.38. The van der Waals surface area contributed by atoms with Crippen molar-refractivity contribution in [3.8, 4) is 0 Å². The Balaban J connectivity index is 2.18. The van der Waals surface area contributed by atoms with Crippen LogP contribution < -0.4 is 4.90 Å². The van der Waals surface area contributed by atoms with E-state index in [1.54, 1.807) is 25.2 Å². The molecule has 1 aliphatic rings. The van der Waals surface area contributed by atoms with Gasteiger partial charge in [0.15, 0.2) is 0 Å². The first kappa shape index (κ1) is 14.5. The van der Waals surface area contributed by atoms with E-state index in [-0.39, 0.29) is 11.6 Å². The molecule has 0 aromatic heterocycles. The third-order valence-electron chi connectivity index (χ3n) is 3.78. The lowest BCUT2D eigenvalue weighted by Gasteiger charge is -2.27. The standard InChI is InChI=1S/C14H17FN2O3/c1-9(14(19)20)16(2)12-7-8-17(13(12)18)11-6-4-3-5-10(11)15/h3-6,9,12H,7-8H2,1-2H3,(H,19,20). The molecule has 0 saturated carbocycles. The molecule has 1 N–H and O–H groups in total. The van der Waals surface area contributed by atoms with E-state index >= 15 is 0 Å². The van der Waals surface area contributed by atoms with Gasteiger partial charge in [0.25, 0.3) is 0 Å². The smallest absolute Gasteiger partial charge is 0.320 e. The molecule has 0 bridgehead atoms. The summed E-state index contributed by atoms with van der Waals surface area (Å²) in [5.74, 6) is -1.69. The fourth-order valence-electron chi connectivity index (χ4n) is 2.40. The largest absolute Gasteiger partial charge is 0.480 e. The van der Waals surface area contributed by atoms with Gasteiger partial charge in [0.1, 0.15) is 11.9 Å². The van der Waals surface area contributed by atoms with Gasteiger partial charge in [0.05, 0.1) is 11.7 Å². The molecule has 1 heterocycles. The fraction of sp³-hybridized carbons (Fsp3) is 0.429. The Morgan fingerprint density at radius 1 is 1.50 bits per heavy atom. The molecular formula is C14H17FN2O3. The van der Waals surface area contributed by atoms with Crippen molar-refractivity contribution < 1.29 is 19.1 Å². The van der Waals surface area contributed by atoms with Gasteiger partial charge < -0.3 is 10.0 Å². The van der Waals surface area contributed by atoms with Crippen LogP contribution in [0, 0.1) is 5.82 Å². The van der Waals surface area contributed by atoms with E-state index < -0.39 is 23.9 Å². The summed E-state index contributed by atoms with van der Waals surface area (Å²) in [7, 11) is 1.60. The van der Waals surface area contributed by atoms with E-state index in [0.29, 0.717) is 13.0 Å². The Morgan fingerprint density at radius 3 is 2.75 bits per heavy atom. The van der Waals surface area contributed by atoms with Gasteiger partial charge in [-0.05, 0) is 32.5 Å². The number of anilines is 1. The van der Waals surface area contributed by atoms with Gasteiger partial charge in [-0.3, -0.25) is 14.5 Å². The number of hydrogen-bond donors (Lipinski definition) is 1. The topological polar surface area (TPSA) is 60.9 Å². The van der Waals surface area contributed by atoms with Crippen LogP contribution in [0.2, 0.25) is 0 Å². The molecule has 2 rings (SSSR count). The number of carboxylic acid groups (broad SMARTS) is 1. The number of nitrogens with zero attached hydrogens (tertiary/aromatic N) is 2. The molecule has 1 amide bonds. The molecular weight excluding hydrogens is 263 g/mol. The SMILES string of the molecule is CC(C(=O)O)N(C)C1CCN(c2ccccc2F)C1=O. The van der Waals surface area contributed by atoms with Crippen LogP contribution in [0.1, 0.15) is 13.3 Å². The molecule has 1 saturated heterocycles. The monoisotopic (exact) mass is 280 g/mol. The van der Waals surface area contributed by atoms with Crippen LogP contribution in [-0.2, 0) is 9.59 Å². The molecule has 108 valence electrons. The first-order chi connectivity index (χ1) is 9.43. The van der Waals surface area contributed by atoms with Crippen LogP contribution in [0.25, 0.3) is 0 Å². The van der Waals surface area contributed by atoms with Crippen molar-refractivity contribution in [1.29, 1.82) is 0 Å². The number of benzene rings is 1. The quantitative estimate of drug-likeness (QED) is 0.904. The second kappa shape index (κ2) is 5.58. The molecule has 20 heavy (non-hydrogen) atoms. The van der Waals surface area contributed by atoms with Crippen molar-refractivity contribution >= 4 is 17.6 Å². The number of carbonyl (C=O) groups excluding carboxylic acids is 1. The summed E-state index contributed by atoms with van der Waals surface area (Å²) in [6, 6.07) is 4.80. The van der Waals surface area contributed by atoms with E-state index in [0.717, 1.165) is 0 Å². The first-order valence-corrected chi connectivity index (χ1v) is 6.44. The van der Waals surface area contributed by atoms with E-state index in [1.807, 2.05) is 0 Å². The number of halogens is 1. The van der Waals surface area contributed by atoms with Crippen LogP contribution in [-0.4, -0.2) is 47.6 Å². The van der Waals surface area contributed by atoms with Crippen molar-refractivity contribution in [2.24, 2.45) is 0 Å². The molecule has 1 aliphatic heterocycles. The van der Waals surface area contributed by atoms with Gasteiger partial charge in [-0.25, -0.2) is 4.39 Å². The molecule has 1 aromatic carbocycles. The Kier molecular flexibility index (Phi) is 4.04. The lowest BCUT2D eigenvalue weighted by atomic mass is 10.1. The first-order valence-electron chi connectivity index (χ1n) is 6.44. The summed E-state index contributed by atoms with van der Waals surface area (Å²) < 4.78 is 13.7. The third kappa shape index (κ3) is 2.51. The summed E-state index contributed by atoms with van der Waals surface area (Å²) >= 11 is 0. The highest BCUT2D eigenvalue weighted by Crippen LogP contribution is 2.26. The summed E-state index contributed by atoms with van der Waals surface area (Å²) in [5.41, 5.74) is 0.247. The van der Waals surface area contributed by atoms with E-state index in [4.69, 9.17) is 5.11 Å². The van der Waals surface area contributed by atoms with Gasteiger partial charge >= 0.3 is 5.97 Å². The molecule has 0 radical (unpaired) electrons. The normalized spacial score (nSPS) is 20.5. The van der Waals surface area contributed by atoms with Crippen molar-refractivity contribution in [3.05, 3.63) is 30.1 Å². The van der Waals surface area contributed by atoms with Crippen LogP contribution >= 0.6 is 0 Å². The predicted octanol–water partition coefficient (Wildman–Crippen LogP) is 1.34. The van der Waals surface area contributed by atoms with Crippen LogP contribution in [0.15, 0.2) is 24.3 Å². The predicted molar refractivity (Wildman–Crippen MR) is 72.0 cm³/mol. The van der Waals surface area contributed by atoms with Crippen molar-refractivity contribution in [1.82, 2.24) is 4.90 Å². The van der Waals surface area contributed by atoms with Crippen molar-refractivity contribution in [2.45, 2.75) is 25.4 Å². The number of rotatable bonds is 4. The molecule has 2 atom stereocenters. The van der Waals surface area contributed by atoms with Gasteiger partial charge in [-0.1, -0.05) is 12.1 Å². The number of hydrogen-bond acceptors (Lipinski definition) is 3. The highest BCUT2D eigenvalue weighted by atomic mass is 19.1. The molecule has 1 fully saturated rings. The Labute approximate surface area is 116 Å². The Hall–Kier alpha value is -1.95. The van der Waals surface area contributed by atoms with E-state index in [2.05, 4.69) is 0 Å². The Bertz CT molecular complexity index is 535. The zero-order chi connectivity index (χ0) is 14.9. The fourth-order valence-corrected chi connectivity index (χ4v) is 2.40.